The molecule has 2 aromatic carbocycles. The van der Waals surface area contributed by atoms with Gasteiger partial charge >= 0.3 is 0 Å². The molecule has 0 radical (unpaired) electrons. The van der Waals surface area contributed by atoms with E-state index in [1.807, 2.05) is 19.9 Å². The van der Waals surface area contributed by atoms with Gasteiger partial charge in [0, 0.05) is 18.7 Å². The zero-order valence-electron chi connectivity index (χ0n) is 22.5. The van der Waals surface area contributed by atoms with Gasteiger partial charge < -0.3 is 24.4 Å². The fraction of sp³-hybridized carbons (Fsp3) is 0.462. The van der Waals surface area contributed by atoms with E-state index in [-0.39, 0.29) is 24.2 Å². The summed E-state index contributed by atoms with van der Waals surface area (Å²) in [6, 6.07) is 10.8. The van der Waals surface area contributed by atoms with E-state index < -0.39 is 28.5 Å². The highest BCUT2D eigenvalue weighted by molar-refractivity contribution is 7.92. The molecule has 2 aromatic rings. The molecule has 0 aliphatic carbocycles. The monoisotopic (exact) mass is 535 g/mol. The van der Waals surface area contributed by atoms with Crippen molar-refractivity contribution in [2.45, 2.75) is 45.8 Å². The van der Waals surface area contributed by atoms with Crippen LogP contribution in [0.2, 0.25) is 0 Å². The number of amides is 2. The largest absolute Gasteiger partial charge is 0.497 e. The van der Waals surface area contributed by atoms with Crippen molar-refractivity contribution in [1.82, 2.24) is 10.2 Å². The summed E-state index contributed by atoms with van der Waals surface area (Å²) in [6.45, 7) is 5.05. The molecule has 2 rings (SSSR count). The van der Waals surface area contributed by atoms with Gasteiger partial charge in [0.25, 0.3) is 0 Å². The molecule has 0 bridgehead atoms. The van der Waals surface area contributed by atoms with Gasteiger partial charge in [-0.3, -0.25) is 13.9 Å². The number of anilines is 1. The Bertz CT molecular complexity index is 1180. The molecule has 0 spiro atoms. The van der Waals surface area contributed by atoms with Crippen LogP contribution in [0.4, 0.5) is 5.69 Å². The first-order chi connectivity index (χ1) is 17.4. The Morgan fingerprint density at radius 1 is 0.973 bits per heavy atom. The van der Waals surface area contributed by atoms with Crippen molar-refractivity contribution in [3.63, 3.8) is 0 Å². The zero-order chi connectivity index (χ0) is 27.8. The van der Waals surface area contributed by atoms with Crippen LogP contribution in [0.1, 0.15) is 32.8 Å². The van der Waals surface area contributed by atoms with E-state index in [9.17, 15) is 18.0 Å². The lowest BCUT2D eigenvalue weighted by atomic mass is 10.1. The maximum Gasteiger partial charge on any atom is 0.244 e. The Balaban J connectivity index is 2.50. The Kier molecular flexibility index (Phi) is 10.6. The van der Waals surface area contributed by atoms with Crippen LogP contribution in [0.25, 0.3) is 0 Å². The van der Waals surface area contributed by atoms with Gasteiger partial charge in [-0.2, -0.15) is 0 Å². The molecule has 204 valence electrons. The normalized spacial score (nSPS) is 12.0. The molecular weight excluding hydrogens is 498 g/mol. The van der Waals surface area contributed by atoms with Gasteiger partial charge in [-0.05, 0) is 50.1 Å². The van der Waals surface area contributed by atoms with Crippen molar-refractivity contribution in [2.24, 2.45) is 0 Å². The predicted molar refractivity (Wildman–Crippen MR) is 143 cm³/mol. The van der Waals surface area contributed by atoms with Crippen molar-refractivity contribution in [3.8, 4) is 17.2 Å². The summed E-state index contributed by atoms with van der Waals surface area (Å²) in [7, 11) is 0.573. The first-order valence-corrected chi connectivity index (χ1v) is 13.7. The summed E-state index contributed by atoms with van der Waals surface area (Å²) >= 11 is 0. The van der Waals surface area contributed by atoms with E-state index in [1.165, 1.54) is 31.3 Å². The van der Waals surface area contributed by atoms with E-state index in [4.69, 9.17) is 14.2 Å². The van der Waals surface area contributed by atoms with Crippen LogP contribution in [0.3, 0.4) is 0 Å². The van der Waals surface area contributed by atoms with E-state index in [1.54, 1.807) is 38.3 Å². The molecule has 1 N–H and O–H groups in total. The number of rotatable bonds is 13. The number of hydrogen-bond acceptors (Lipinski definition) is 7. The van der Waals surface area contributed by atoms with Crippen molar-refractivity contribution >= 4 is 27.5 Å². The molecular formula is C26H37N3O7S. The van der Waals surface area contributed by atoms with Crippen LogP contribution in [0.5, 0.6) is 17.2 Å². The van der Waals surface area contributed by atoms with Gasteiger partial charge in [-0.1, -0.05) is 19.1 Å². The zero-order valence-corrected chi connectivity index (χ0v) is 23.3. The van der Waals surface area contributed by atoms with Crippen molar-refractivity contribution < 1.29 is 32.2 Å². The quantitative estimate of drug-likeness (QED) is 0.419. The van der Waals surface area contributed by atoms with Crippen LogP contribution in [0, 0.1) is 0 Å². The standard InChI is InChI=1S/C26H37N3O7S/c1-8-22(26(31)27-18(2)3)28(16-19-10-9-11-21(14-19)34-4)25(30)17-29(37(7,32)33)20-12-13-23(35-5)24(15-20)36-6/h9-15,18,22H,8,16-17H2,1-7H3,(H,27,31)/t22-/m0/s1. The lowest BCUT2D eigenvalue weighted by Crippen LogP contribution is -2.53. The summed E-state index contributed by atoms with van der Waals surface area (Å²) in [4.78, 5) is 28.2. The SMILES string of the molecule is CC[C@@H](C(=O)NC(C)C)N(Cc1cccc(OC)c1)C(=O)CN(c1ccc(OC)c(OC)c1)S(C)(=O)=O. The Morgan fingerprint density at radius 2 is 1.65 bits per heavy atom. The van der Waals surface area contributed by atoms with E-state index in [0.29, 0.717) is 23.7 Å². The minimum absolute atomic E-state index is 0.0869. The third-order valence-electron chi connectivity index (χ3n) is 5.64. The van der Waals surface area contributed by atoms with Gasteiger partial charge in [-0.15, -0.1) is 0 Å². The number of nitrogens with zero attached hydrogens (tertiary/aromatic N) is 2. The molecule has 0 aliphatic rings. The number of nitrogens with one attached hydrogen (secondary N) is 1. The molecule has 1 atom stereocenters. The predicted octanol–water partition coefficient (Wildman–Crippen LogP) is 2.81. The van der Waals surface area contributed by atoms with Gasteiger partial charge in [0.2, 0.25) is 21.8 Å². The second kappa shape index (κ2) is 13.2. The minimum Gasteiger partial charge on any atom is -0.497 e. The van der Waals surface area contributed by atoms with E-state index in [2.05, 4.69) is 5.32 Å². The van der Waals surface area contributed by atoms with Gasteiger partial charge in [0.15, 0.2) is 11.5 Å². The Hall–Kier alpha value is -3.47. The van der Waals surface area contributed by atoms with Crippen molar-refractivity contribution in [1.29, 1.82) is 0 Å². The van der Waals surface area contributed by atoms with Crippen LogP contribution < -0.4 is 23.8 Å². The van der Waals surface area contributed by atoms with E-state index in [0.717, 1.165) is 16.1 Å². The molecule has 0 aromatic heterocycles. The third kappa shape index (κ3) is 8.01. The third-order valence-corrected chi connectivity index (χ3v) is 6.78. The number of hydrogen-bond donors (Lipinski definition) is 1. The van der Waals surface area contributed by atoms with Gasteiger partial charge in [0.05, 0.1) is 33.3 Å². The molecule has 37 heavy (non-hydrogen) atoms. The molecule has 10 nitrogen and oxygen atoms in total. The molecule has 0 saturated carbocycles. The molecule has 0 fully saturated rings. The first-order valence-electron chi connectivity index (χ1n) is 11.9. The highest BCUT2D eigenvalue weighted by Crippen LogP contribution is 2.32. The fourth-order valence-corrected chi connectivity index (χ4v) is 4.70. The topological polar surface area (TPSA) is 114 Å². The number of ether oxygens (including phenoxy) is 3. The number of methoxy groups -OCH3 is 3. The summed E-state index contributed by atoms with van der Waals surface area (Å²) in [5, 5.41) is 2.86. The summed E-state index contributed by atoms with van der Waals surface area (Å²) < 4.78 is 42.4. The van der Waals surface area contributed by atoms with Crippen LogP contribution in [0.15, 0.2) is 42.5 Å². The smallest absolute Gasteiger partial charge is 0.244 e. The lowest BCUT2D eigenvalue weighted by Gasteiger charge is -2.33. The number of carbonyl (C=O) groups excluding carboxylic acids is 2. The lowest BCUT2D eigenvalue weighted by molar-refractivity contribution is -0.140. The summed E-state index contributed by atoms with van der Waals surface area (Å²) in [6.07, 6.45) is 1.36. The summed E-state index contributed by atoms with van der Waals surface area (Å²) in [5.74, 6) is 0.492. The Labute approximate surface area is 219 Å². The minimum atomic E-state index is -3.88. The number of benzene rings is 2. The second-order valence-electron chi connectivity index (χ2n) is 8.77. The van der Waals surface area contributed by atoms with Crippen molar-refractivity contribution in [3.05, 3.63) is 48.0 Å². The molecule has 2 amide bonds. The average Bonchev–Trinajstić information content (AvgIpc) is 2.85. The number of sulfonamides is 1. The maximum atomic E-state index is 13.8. The molecule has 0 unspecified atom stereocenters. The van der Waals surface area contributed by atoms with E-state index >= 15 is 0 Å². The average molecular weight is 536 g/mol. The van der Waals surface area contributed by atoms with Crippen LogP contribution >= 0.6 is 0 Å². The van der Waals surface area contributed by atoms with Gasteiger partial charge in [-0.25, -0.2) is 8.42 Å². The van der Waals surface area contributed by atoms with Gasteiger partial charge in [0.1, 0.15) is 18.3 Å². The number of carbonyl (C=O) groups is 2. The molecule has 0 heterocycles. The fourth-order valence-electron chi connectivity index (χ4n) is 3.86. The second-order valence-corrected chi connectivity index (χ2v) is 10.7. The van der Waals surface area contributed by atoms with Crippen LogP contribution in [-0.4, -0.2) is 71.3 Å². The molecule has 0 saturated heterocycles. The molecule has 11 heteroatoms. The highest BCUT2D eigenvalue weighted by Gasteiger charge is 2.32. The Morgan fingerprint density at radius 3 is 2.19 bits per heavy atom. The van der Waals surface area contributed by atoms with Crippen LogP contribution in [-0.2, 0) is 26.2 Å². The van der Waals surface area contributed by atoms with Crippen molar-refractivity contribution in [2.75, 3.05) is 38.4 Å². The first kappa shape index (κ1) is 29.8. The summed E-state index contributed by atoms with van der Waals surface area (Å²) in [5.41, 5.74) is 0.968. The highest BCUT2D eigenvalue weighted by atomic mass is 32.2. The molecule has 0 aliphatic heterocycles. The maximum absolute atomic E-state index is 13.8.